The number of carboxylic acids is 1. The van der Waals surface area contributed by atoms with Crippen LogP contribution in [0.15, 0.2) is 72.8 Å². The topological polar surface area (TPSA) is 87.2 Å². The first kappa shape index (κ1) is 22.1. The third-order valence-corrected chi connectivity index (χ3v) is 5.33. The highest BCUT2D eigenvalue weighted by Gasteiger charge is 2.16. The number of carbonyl (C=O) groups is 1. The van der Waals surface area contributed by atoms with Gasteiger partial charge in [0.15, 0.2) is 0 Å². The second kappa shape index (κ2) is 9.92. The van der Waals surface area contributed by atoms with Gasteiger partial charge in [-0.05, 0) is 64.1 Å². The molecule has 0 spiro atoms. The van der Waals surface area contributed by atoms with Gasteiger partial charge < -0.3 is 16.2 Å². The molecule has 0 amide bonds. The Balaban J connectivity index is 2.25. The van der Waals surface area contributed by atoms with Gasteiger partial charge in [-0.3, -0.25) is 0 Å². The van der Waals surface area contributed by atoms with Crippen molar-refractivity contribution in [2.45, 2.75) is 13.3 Å². The lowest BCUT2D eigenvalue weighted by Gasteiger charge is -2.18. The zero-order valence-corrected chi connectivity index (χ0v) is 17.9. The number of nitrogens with two attached hydrogens (primary N) is 1. The lowest BCUT2D eigenvalue weighted by atomic mass is 9.87. The molecular weight excluding hydrogens is 408 g/mol. The molecular formula is C26H23ClN2O2. The maximum Gasteiger partial charge on any atom is 0.328 e. The molecule has 3 rings (SSSR count). The largest absolute Gasteiger partial charge is 0.478 e. The minimum atomic E-state index is -0.988. The van der Waals surface area contributed by atoms with Crippen LogP contribution < -0.4 is 5.73 Å². The van der Waals surface area contributed by atoms with Gasteiger partial charge in [0.2, 0.25) is 0 Å². The van der Waals surface area contributed by atoms with Crippen molar-refractivity contribution in [1.82, 2.24) is 0 Å². The fourth-order valence-corrected chi connectivity index (χ4v) is 3.76. The summed E-state index contributed by atoms with van der Waals surface area (Å²) in [5, 5.41) is 17.2. The highest BCUT2D eigenvalue weighted by Crippen LogP contribution is 2.37. The van der Waals surface area contributed by atoms with Gasteiger partial charge in [-0.25, -0.2) is 4.79 Å². The molecule has 0 bridgehead atoms. The summed E-state index contributed by atoms with van der Waals surface area (Å²) in [6, 6.07) is 21.1. The number of allylic oxidation sites excluding steroid dienone is 1. The van der Waals surface area contributed by atoms with Crippen molar-refractivity contribution in [1.29, 1.82) is 5.41 Å². The van der Waals surface area contributed by atoms with E-state index in [0.29, 0.717) is 16.3 Å². The number of halogens is 1. The number of aliphatic carboxylic acids is 1. The summed E-state index contributed by atoms with van der Waals surface area (Å²) in [5.41, 5.74) is 12.9. The predicted octanol–water partition coefficient (Wildman–Crippen LogP) is 6.39. The second-order valence-electron chi connectivity index (χ2n) is 6.97. The molecule has 31 heavy (non-hydrogen) atoms. The Morgan fingerprint density at radius 1 is 1.06 bits per heavy atom. The van der Waals surface area contributed by atoms with Gasteiger partial charge in [0.05, 0.1) is 0 Å². The monoisotopic (exact) mass is 430 g/mol. The summed E-state index contributed by atoms with van der Waals surface area (Å²) >= 11 is 6.54. The molecule has 4 N–H and O–H groups in total. The van der Waals surface area contributed by atoms with E-state index >= 15 is 0 Å². The number of anilines is 1. The molecule has 5 heteroatoms. The average molecular weight is 431 g/mol. The van der Waals surface area contributed by atoms with Crippen LogP contribution in [-0.4, -0.2) is 17.3 Å². The molecule has 156 valence electrons. The van der Waals surface area contributed by atoms with E-state index in [1.165, 1.54) is 6.21 Å². The molecule has 0 radical (unpaired) electrons. The lowest BCUT2D eigenvalue weighted by molar-refractivity contribution is -0.131. The van der Waals surface area contributed by atoms with Crippen LogP contribution in [0.2, 0.25) is 5.02 Å². The Bertz CT molecular complexity index is 1180. The average Bonchev–Trinajstić information content (AvgIpc) is 2.78. The van der Waals surface area contributed by atoms with Crippen molar-refractivity contribution in [3.8, 4) is 0 Å². The van der Waals surface area contributed by atoms with E-state index in [2.05, 4.69) is 6.92 Å². The first-order valence-corrected chi connectivity index (χ1v) is 10.2. The summed E-state index contributed by atoms with van der Waals surface area (Å²) in [7, 11) is 0. The molecule has 0 atom stereocenters. The van der Waals surface area contributed by atoms with Crippen molar-refractivity contribution in [3.05, 3.63) is 106 Å². The molecule has 0 saturated carbocycles. The normalized spacial score (nSPS) is 11.9. The third-order valence-electron chi connectivity index (χ3n) is 5.00. The first-order chi connectivity index (χ1) is 14.9. The van der Waals surface area contributed by atoms with Gasteiger partial charge >= 0.3 is 5.97 Å². The molecule has 0 aliphatic rings. The van der Waals surface area contributed by atoms with E-state index in [-0.39, 0.29) is 0 Å². The molecule has 0 aliphatic carbocycles. The Kier molecular flexibility index (Phi) is 7.06. The van der Waals surface area contributed by atoms with Crippen molar-refractivity contribution in [2.24, 2.45) is 0 Å². The lowest BCUT2D eigenvalue weighted by Crippen LogP contribution is -1.99. The molecule has 0 heterocycles. The van der Waals surface area contributed by atoms with Crippen LogP contribution in [-0.2, 0) is 4.79 Å². The summed E-state index contributed by atoms with van der Waals surface area (Å²) < 4.78 is 0. The van der Waals surface area contributed by atoms with E-state index < -0.39 is 5.97 Å². The number of rotatable bonds is 7. The first-order valence-electron chi connectivity index (χ1n) is 9.84. The minimum absolute atomic E-state index is 0.544. The standard InChI is InChI=1S/C26H23ClN2O2/c1-2-21(22-5-3-4-6-23(22)27)26(19-12-13-24(29)20(15-19)16-28)18-10-7-17(8-11-18)9-14-25(30)31/h3-16,28H,2,29H2,1H3,(H,30,31)/b14-9+,26-21+,28-16?. The van der Waals surface area contributed by atoms with Gasteiger partial charge in [0.1, 0.15) is 0 Å². The van der Waals surface area contributed by atoms with E-state index in [4.69, 9.17) is 27.9 Å². The minimum Gasteiger partial charge on any atom is -0.478 e. The van der Waals surface area contributed by atoms with Crippen LogP contribution in [0, 0.1) is 5.41 Å². The fourth-order valence-electron chi connectivity index (χ4n) is 3.51. The maximum absolute atomic E-state index is 10.8. The summed E-state index contributed by atoms with van der Waals surface area (Å²) in [6.45, 7) is 2.08. The van der Waals surface area contributed by atoms with Crippen LogP contribution in [0.4, 0.5) is 5.69 Å². The van der Waals surface area contributed by atoms with E-state index in [9.17, 15) is 4.79 Å². The summed E-state index contributed by atoms with van der Waals surface area (Å²) in [5.74, 6) is -0.988. The van der Waals surface area contributed by atoms with Crippen LogP contribution in [0.25, 0.3) is 17.2 Å². The molecule has 3 aromatic carbocycles. The van der Waals surface area contributed by atoms with E-state index in [0.717, 1.165) is 45.9 Å². The number of benzene rings is 3. The number of hydrogen-bond acceptors (Lipinski definition) is 3. The number of carboxylic acid groups (broad SMARTS) is 1. The zero-order valence-electron chi connectivity index (χ0n) is 17.1. The smallest absolute Gasteiger partial charge is 0.328 e. The van der Waals surface area contributed by atoms with Crippen LogP contribution in [0.5, 0.6) is 0 Å². The molecule has 0 saturated heterocycles. The second-order valence-corrected chi connectivity index (χ2v) is 7.38. The summed E-state index contributed by atoms with van der Waals surface area (Å²) in [4.78, 5) is 10.8. The molecule has 0 aliphatic heterocycles. The Morgan fingerprint density at radius 3 is 2.35 bits per heavy atom. The zero-order chi connectivity index (χ0) is 22.4. The number of hydrogen-bond donors (Lipinski definition) is 3. The highest BCUT2D eigenvalue weighted by molar-refractivity contribution is 6.32. The quantitative estimate of drug-likeness (QED) is 0.176. The molecule has 3 aromatic rings. The van der Waals surface area contributed by atoms with Crippen molar-refractivity contribution >= 4 is 46.7 Å². The van der Waals surface area contributed by atoms with Crippen molar-refractivity contribution in [3.63, 3.8) is 0 Å². The van der Waals surface area contributed by atoms with Gasteiger partial charge in [0.25, 0.3) is 0 Å². The molecule has 4 nitrogen and oxygen atoms in total. The van der Waals surface area contributed by atoms with Gasteiger partial charge in [-0.2, -0.15) is 0 Å². The predicted molar refractivity (Wildman–Crippen MR) is 130 cm³/mol. The van der Waals surface area contributed by atoms with Gasteiger partial charge in [-0.15, -0.1) is 0 Å². The molecule has 0 fully saturated rings. The summed E-state index contributed by atoms with van der Waals surface area (Å²) in [6.07, 6.45) is 4.66. The van der Waals surface area contributed by atoms with Crippen LogP contribution in [0.3, 0.4) is 0 Å². The Morgan fingerprint density at radius 2 is 1.74 bits per heavy atom. The highest BCUT2D eigenvalue weighted by atomic mass is 35.5. The van der Waals surface area contributed by atoms with Crippen LogP contribution >= 0.6 is 11.6 Å². The van der Waals surface area contributed by atoms with E-state index in [1.807, 2.05) is 60.7 Å². The van der Waals surface area contributed by atoms with Gasteiger partial charge in [-0.1, -0.05) is 67.1 Å². The molecule has 0 aromatic heterocycles. The number of nitrogens with one attached hydrogen (secondary N) is 1. The van der Waals surface area contributed by atoms with Crippen LogP contribution in [0.1, 0.15) is 41.2 Å². The maximum atomic E-state index is 10.8. The number of nitrogen functional groups attached to an aromatic ring is 1. The van der Waals surface area contributed by atoms with Crippen molar-refractivity contribution < 1.29 is 9.90 Å². The Hall–Kier alpha value is -3.63. The van der Waals surface area contributed by atoms with Gasteiger partial charge in [0, 0.05) is 28.6 Å². The van der Waals surface area contributed by atoms with Crippen molar-refractivity contribution in [2.75, 3.05) is 5.73 Å². The third kappa shape index (κ3) is 5.11. The van der Waals surface area contributed by atoms with E-state index in [1.54, 1.807) is 12.1 Å². The SMILES string of the molecule is CC/C(=C(/c1ccc(/C=C/C(=O)O)cc1)c1ccc(N)c(C=N)c1)c1ccccc1Cl. The molecule has 0 unspecified atom stereocenters. The Labute approximate surface area is 186 Å². The fraction of sp³-hybridized carbons (Fsp3) is 0.0769.